The number of pyridine rings is 1. The molecule has 8 heteroatoms. The van der Waals surface area contributed by atoms with Crippen LogP contribution in [0.4, 0.5) is 0 Å². The van der Waals surface area contributed by atoms with Crippen molar-refractivity contribution in [3.8, 4) is 11.4 Å². The number of aryl methyl sites for hydroxylation is 1. The second kappa shape index (κ2) is 8.02. The first kappa shape index (κ1) is 17.3. The molecule has 3 rings (SSSR count). The smallest absolute Gasteiger partial charge is 0.316 e. The third-order valence-electron chi connectivity index (χ3n) is 3.55. The van der Waals surface area contributed by atoms with E-state index in [4.69, 9.17) is 4.52 Å². The van der Waals surface area contributed by atoms with Crippen molar-refractivity contribution in [3.63, 3.8) is 0 Å². The first-order valence-electron chi connectivity index (χ1n) is 8.00. The lowest BCUT2D eigenvalue weighted by molar-refractivity contribution is 0.0898. The topological polar surface area (TPSA) is 110 Å². The highest BCUT2D eigenvalue weighted by atomic mass is 16.5. The lowest BCUT2D eigenvalue weighted by atomic mass is 10.1. The van der Waals surface area contributed by atoms with Crippen LogP contribution in [0.2, 0.25) is 0 Å². The van der Waals surface area contributed by atoms with Crippen LogP contribution in [0.5, 0.6) is 0 Å². The van der Waals surface area contributed by atoms with Crippen molar-refractivity contribution in [1.29, 1.82) is 0 Å². The van der Waals surface area contributed by atoms with E-state index < -0.39 is 5.91 Å². The molecule has 0 atom stereocenters. The first-order valence-corrected chi connectivity index (χ1v) is 8.00. The largest absolute Gasteiger partial charge is 0.350 e. The first-order chi connectivity index (χ1) is 12.6. The van der Waals surface area contributed by atoms with Crippen molar-refractivity contribution in [2.24, 2.45) is 0 Å². The van der Waals surface area contributed by atoms with Gasteiger partial charge in [0, 0.05) is 31.0 Å². The number of carbonyl (C=O) groups is 2. The fraction of sp³-hybridized carbons (Fsp3) is 0.167. The molecule has 0 saturated heterocycles. The van der Waals surface area contributed by atoms with E-state index in [2.05, 4.69) is 25.8 Å². The maximum Gasteiger partial charge on any atom is 0.316 e. The molecule has 2 N–H and O–H groups in total. The molecule has 0 unspecified atom stereocenters. The monoisotopic (exact) mass is 351 g/mol. The number of benzene rings is 1. The van der Waals surface area contributed by atoms with E-state index in [1.165, 1.54) is 6.20 Å². The van der Waals surface area contributed by atoms with E-state index in [0.29, 0.717) is 11.4 Å². The molecular weight excluding hydrogens is 334 g/mol. The zero-order chi connectivity index (χ0) is 18.4. The number of hydrogen-bond acceptors (Lipinski definition) is 6. The van der Waals surface area contributed by atoms with Gasteiger partial charge in [-0.15, -0.1) is 0 Å². The van der Waals surface area contributed by atoms with Gasteiger partial charge in [-0.2, -0.15) is 4.98 Å². The van der Waals surface area contributed by atoms with Gasteiger partial charge in [-0.3, -0.25) is 14.6 Å². The van der Waals surface area contributed by atoms with Gasteiger partial charge < -0.3 is 15.2 Å². The van der Waals surface area contributed by atoms with Crippen molar-refractivity contribution in [1.82, 2.24) is 25.8 Å². The van der Waals surface area contributed by atoms with Crippen LogP contribution >= 0.6 is 0 Å². The van der Waals surface area contributed by atoms with E-state index >= 15 is 0 Å². The molecule has 2 amide bonds. The number of hydrogen-bond donors (Lipinski definition) is 2. The summed E-state index contributed by atoms with van der Waals surface area (Å²) in [6.07, 6.45) is 3.06. The molecule has 3 aromatic rings. The summed E-state index contributed by atoms with van der Waals surface area (Å²) in [6, 6.07) is 10.9. The highest BCUT2D eigenvalue weighted by Crippen LogP contribution is 2.16. The maximum absolute atomic E-state index is 12.0. The number of nitrogens with one attached hydrogen (secondary N) is 2. The van der Waals surface area contributed by atoms with E-state index in [1.807, 2.05) is 31.2 Å². The van der Waals surface area contributed by atoms with Crippen LogP contribution in [-0.2, 0) is 0 Å². The minimum absolute atomic E-state index is 0.126. The SMILES string of the molecule is Cc1ccc(-c2noc(C(=O)NCCNC(=O)c3cccnc3)n2)cc1. The minimum Gasteiger partial charge on any atom is -0.350 e. The van der Waals surface area contributed by atoms with Crippen LogP contribution in [0.25, 0.3) is 11.4 Å². The summed E-state index contributed by atoms with van der Waals surface area (Å²) in [5.74, 6) is -0.530. The Hall–Kier alpha value is -3.55. The summed E-state index contributed by atoms with van der Waals surface area (Å²) >= 11 is 0. The van der Waals surface area contributed by atoms with Gasteiger partial charge in [-0.1, -0.05) is 35.0 Å². The average Bonchev–Trinajstić information content (AvgIpc) is 3.16. The molecule has 0 bridgehead atoms. The molecule has 0 aliphatic heterocycles. The van der Waals surface area contributed by atoms with Gasteiger partial charge in [0.05, 0.1) is 5.56 Å². The second-order valence-electron chi connectivity index (χ2n) is 5.54. The third kappa shape index (κ3) is 4.29. The molecule has 2 aromatic heterocycles. The highest BCUT2D eigenvalue weighted by Gasteiger charge is 2.15. The van der Waals surface area contributed by atoms with E-state index in [-0.39, 0.29) is 24.9 Å². The number of aromatic nitrogens is 3. The molecule has 26 heavy (non-hydrogen) atoms. The van der Waals surface area contributed by atoms with Crippen molar-refractivity contribution in [2.45, 2.75) is 6.92 Å². The summed E-state index contributed by atoms with van der Waals surface area (Å²) in [4.78, 5) is 31.8. The molecule has 0 aliphatic rings. The van der Waals surface area contributed by atoms with E-state index in [1.54, 1.807) is 18.3 Å². The number of nitrogens with zero attached hydrogens (tertiary/aromatic N) is 3. The van der Waals surface area contributed by atoms with Gasteiger partial charge >= 0.3 is 11.8 Å². The van der Waals surface area contributed by atoms with Crippen LogP contribution in [0.3, 0.4) is 0 Å². The van der Waals surface area contributed by atoms with Crippen LogP contribution in [0.1, 0.15) is 26.6 Å². The van der Waals surface area contributed by atoms with Crippen molar-refractivity contribution < 1.29 is 14.1 Å². The number of amides is 2. The lowest BCUT2D eigenvalue weighted by Gasteiger charge is -2.05. The van der Waals surface area contributed by atoms with Gasteiger partial charge in [0.25, 0.3) is 5.91 Å². The molecular formula is C18H17N5O3. The Morgan fingerprint density at radius 1 is 1.04 bits per heavy atom. The molecule has 8 nitrogen and oxygen atoms in total. The Labute approximate surface area is 149 Å². The Morgan fingerprint density at radius 2 is 1.77 bits per heavy atom. The fourth-order valence-corrected chi connectivity index (χ4v) is 2.16. The lowest BCUT2D eigenvalue weighted by Crippen LogP contribution is -2.34. The summed E-state index contributed by atoms with van der Waals surface area (Å²) in [7, 11) is 0. The molecule has 0 spiro atoms. The van der Waals surface area contributed by atoms with Crippen molar-refractivity contribution in [2.75, 3.05) is 13.1 Å². The Morgan fingerprint density at radius 3 is 2.46 bits per heavy atom. The Balaban J connectivity index is 1.48. The van der Waals surface area contributed by atoms with Crippen LogP contribution < -0.4 is 10.6 Å². The van der Waals surface area contributed by atoms with Crippen LogP contribution in [-0.4, -0.2) is 40.0 Å². The summed E-state index contributed by atoms with van der Waals surface area (Å²) < 4.78 is 4.99. The number of rotatable bonds is 6. The predicted octanol–water partition coefficient (Wildman–Crippen LogP) is 1.60. The fourth-order valence-electron chi connectivity index (χ4n) is 2.16. The van der Waals surface area contributed by atoms with Gasteiger partial charge in [0.1, 0.15) is 0 Å². The van der Waals surface area contributed by atoms with E-state index in [9.17, 15) is 9.59 Å². The van der Waals surface area contributed by atoms with Gasteiger partial charge in [-0.05, 0) is 19.1 Å². The summed E-state index contributed by atoms with van der Waals surface area (Å²) in [6.45, 7) is 2.47. The standard InChI is InChI=1S/C18H17N5O3/c1-12-4-6-13(7-5-12)15-22-18(26-23-15)17(25)21-10-9-20-16(24)14-3-2-8-19-11-14/h2-8,11H,9-10H2,1H3,(H,20,24)(H,21,25). The Kier molecular flexibility index (Phi) is 5.33. The summed E-state index contributed by atoms with van der Waals surface area (Å²) in [5.41, 5.74) is 2.34. The molecule has 0 saturated carbocycles. The molecule has 0 aliphatic carbocycles. The van der Waals surface area contributed by atoms with Crippen molar-refractivity contribution in [3.05, 3.63) is 65.8 Å². The quantitative estimate of drug-likeness (QED) is 0.653. The average molecular weight is 351 g/mol. The van der Waals surface area contributed by atoms with Crippen molar-refractivity contribution >= 4 is 11.8 Å². The minimum atomic E-state index is -0.494. The third-order valence-corrected chi connectivity index (χ3v) is 3.55. The molecule has 0 fully saturated rings. The normalized spacial score (nSPS) is 10.3. The maximum atomic E-state index is 12.0. The molecule has 0 radical (unpaired) electrons. The van der Waals surface area contributed by atoms with Gasteiger partial charge in [0.2, 0.25) is 5.82 Å². The van der Waals surface area contributed by atoms with Gasteiger partial charge in [-0.25, -0.2) is 0 Å². The predicted molar refractivity (Wildman–Crippen MR) is 93.4 cm³/mol. The molecule has 2 heterocycles. The second-order valence-corrected chi connectivity index (χ2v) is 5.54. The van der Waals surface area contributed by atoms with Gasteiger partial charge in [0.15, 0.2) is 0 Å². The molecule has 1 aromatic carbocycles. The zero-order valence-corrected chi connectivity index (χ0v) is 14.1. The van der Waals surface area contributed by atoms with Crippen LogP contribution in [0, 0.1) is 6.92 Å². The number of carbonyl (C=O) groups excluding carboxylic acids is 2. The zero-order valence-electron chi connectivity index (χ0n) is 14.1. The molecule has 132 valence electrons. The van der Waals surface area contributed by atoms with E-state index in [0.717, 1.165) is 11.1 Å². The van der Waals surface area contributed by atoms with Crippen LogP contribution in [0.15, 0.2) is 53.3 Å². The summed E-state index contributed by atoms with van der Waals surface area (Å²) in [5, 5.41) is 9.11. The Bertz CT molecular complexity index is 891. The highest BCUT2D eigenvalue weighted by molar-refractivity contribution is 5.94.